The maximum absolute atomic E-state index is 13.7. The van der Waals surface area contributed by atoms with Crippen molar-refractivity contribution in [1.82, 2.24) is 4.57 Å². The highest BCUT2D eigenvalue weighted by Crippen LogP contribution is 2.47. The van der Waals surface area contributed by atoms with Crippen LogP contribution in [-0.4, -0.2) is 21.1 Å². The molecule has 2 aliphatic heterocycles. The first-order valence-electron chi connectivity index (χ1n) is 11.6. The predicted octanol–water partition coefficient (Wildman–Crippen LogP) is 3.23. The van der Waals surface area contributed by atoms with Crippen LogP contribution in [0.2, 0.25) is 0 Å². The van der Waals surface area contributed by atoms with Crippen LogP contribution in [0, 0.1) is 16.0 Å². The Bertz CT molecular complexity index is 1730. The van der Waals surface area contributed by atoms with Gasteiger partial charge in [-0.1, -0.05) is 47.7 Å². The second kappa shape index (κ2) is 8.52. The van der Waals surface area contributed by atoms with Crippen LogP contribution < -0.4 is 24.9 Å². The Kier molecular flexibility index (Phi) is 5.27. The number of rotatable bonds is 4. The Labute approximate surface area is 214 Å². The van der Waals surface area contributed by atoms with E-state index in [1.165, 1.54) is 23.5 Å². The number of aromatic nitrogens is 1. The van der Waals surface area contributed by atoms with Crippen LogP contribution in [0.5, 0.6) is 5.75 Å². The minimum Gasteiger partial charge on any atom is -0.465 e. The summed E-state index contributed by atoms with van der Waals surface area (Å²) in [5.41, 5.74) is 0.454. The van der Waals surface area contributed by atoms with Crippen molar-refractivity contribution in [3.05, 3.63) is 120 Å². The Hall–Kier alpha value is -4.57. The Morgan fingerprint density at radius 3 is 2.54 bits per heavy atom. The minimum absolute atomic E-state index is 0.0305. The molecule has 4 aromatic rings. The van der Waals surface area contributed by atoms with Crippen molar-refractivity contribution in [2.24, 2.45) is 10.9 Å². The fourth-order valence-corrected chi connectivity index (χ4v) is 6.03. The van der Waals surface area contributed by atoms with Gasteiger partial charge in [-0.25, -0.2) is 4.99 Å². The molecule has 0 spiro atoms. The first-order valence-corrected chi connectivity index (χ1v) is 12.4. The zero-order valence-electron chi connectivity index (χ0n) is 19.5. The second-order valence-electron chi connectivity index (χ2n) is 9.00. The highest BCUT2D eigenvalue weighted by molar-refractivity contribution is 7.07. The van der Waals surface area contributed by atoms with E-state index in [0.29, 0.717) is 26.3 Å². The molecule has 0 fully saturated rings. The minimum atomic E-state index is -1.24. The van der Waals surface area contributed by atoms with Gasteiger partial charge in [0, 0.05) is 23.4 Å². The van der Waals surface area contributed by atoms with Crippen LogP contribution in [0.15, 0.2) is 88.6 Å². The second-order valence-corrected chi connectivity index (χ2v) is 10.0. The number of fused-ring (bicyclic) bond motifs is 6. The third-order valence-corrected chi connectivity index (χ3v) is 7.59. The summed E-state index contributed by atoms with van der Waals surface area (Å²) in [4.78, 5) is 43.2. The maximum atomic E-state index is 13.7. The van der Waals surface area contributed by atoms with Gasteiger partial charge in [0.2, 0.25) is 11.6 Å². The molecule has 3 atom stereocenters. The van der Waals surface area contributed by atoms with Gasteiger partial charge in [0.25, 0.3) is 11.2 Å². The van der Waals surface area contributed by atoms with E-state index in [9.17, 15) is 19.7 Å². The first kappa shape index (κ1) is 22.9. The zero-order valence-corrected chi connectivity index (χ0v) is 20.3. The number of ether oxygens (including phenoxy) is 1. The zero-order chi connectivity index (χ0) is 25.7. The van der Waals surface area contributed by atoms with Crippen LogP contribution in [0.3, 0.4) is 0 Å². The van der Waals surface area contributed by atoms with Gasteiger partial charge in [-0.3, -0.25) is 24.3 Å². The van der Waals surface area contributed by atoms with E-state index in [-0.39, 0.29) is 17.2 Å². The normalized spacial score (nSPS) is 21.7. The number of nitro benzene ring substituents is 1. The SMILES string of the molecule is C[C@@]12N=c3s/c(=C/c4ccc([N+](=O)[O-])cc4)c(=O)n3[C@H](c3ccccc3O1)[C@@H]2C(=O)Nc1ccccc1. The van der Waals surface area contributed by atoms with E-state index in [2.05, 4.69) is 5.32 Å². The molecular formula is C27H20N4O5S. The van der Waals surface area contributed by atoms with Crippen molar-refractivity contribution >= 4 is 34.7 Å². The molecule has 1 N–H and O–H groups in total. The summed E-state index contributed by atoms with van der Waals surface area (Å²) >= 11 is 1.20. The number of hydrogen-bond acceptors (Lipinski definition) is 7. The number of nitro groups is 1. The first-order chi connectivity index (χ1) is 17.8. The molecule has 0 saturated heterocycles. The van der Waals surface area contributed by atoms with Gasteiger partial charge in [-0.2, -0.15) is 0 Å². The molecule has 3 aromatic carbocycles. The van der Waals surface area contributed by atoms with Crippen LogP contribution in [0.25, 0.3) is 6.08 Å². The predicted molar refractivity (Wildman–Crippen MR) is 138 cm³/mol. The molecule has 10 heteroatoms. The van der Waals surface area contributed by atoms with E-state index >= 15 is 0 Å². The lowest BCUT2D eigenvalue weighted by Gasteiger charge is -2.45. The lowest BCUT2D eigenvalue weighted by atomic mass is 9.80. The third-order valence-electron chi connectivity index (χ3n) is 6.61. The fraction of sp³-hybridized carbons (Fsp3) is 0.148. The number of para-hydroxylation sites is 2. The van der Waals surface area contributed by atoms with Crippen molar-refractivity contribution in [3.8, 4) is 5.75 Å². The van der Waals surface area contributed by atoms with Gasteiger partial charge >= 0.3 is 0 Å². The van der Waals surface area contributed by atoms with E-state index in [0.717, 1.165) is 5.56 Å². The number of amides is 1. The topological polar surface area (TPSA) is 116 Å². The molecule has 1 amide bonds. The van der Waals surface area contributed by atoms with Crippen LogP contribution in [0.1, 0.15) is 24.1 Å². The molecule has 2 bridgehead atoms. The number of carbonyl (C=O) groups is 1. The standard InChI is InChI=1S/C27H20N4O5S/c1-27-22(24(32)28-17-7-3-2-4-8-17)23(19-9-5-6-10-20(19)36-27)30-25(33)21(37-26(30)29-27)15-16-11-13-18(14-12-16)31(34)35/h2-15,22-23H,1H3,(H,28,32)/b21-15+/t22-,23-,27-/m1/s1. The Morgan fingerprint density at radius 1 is 1.11 bits per heavy atom. The van der Waals surface area contributed by atoms with Crippen molar-refractivity contribution < 1.29 is 14.5 Å². The molecule has 0 aliphatic carbocycles. The van der Waals surface area contributed by atoms with Gasteiger partial charge in [0.1, 0.15) is 11.7 Å². The highest BCUT2D eigenvalue weighted by Gasteiger charge is 2.55. The summed E-state index contributed by atoms with van der Waals surface area (Å²) in [5, 5.41) is 13.9. The quantitative estimate of drug-likeness (QED) is 0.333. The largest absolute Gasteiger partial charge is 0.465 e. The molecule has 9 nitrogen and oxygen atoms in total. The lowest BCUT2D eigenvalue weighted by Crippen LogP contribution is -2.59. The summed E-state index contributed by atoms with van der Waals surface area (Å²) < 4.78 is 8.29. The molecular weight excluding hydrogens is 492 g/mol. The number of anilines is 1. The molecule has 0 radical (unpaired) electrons. The summed E-state index contributed by atoms with van der Waals surface area (Å²) in [6, 6.07) is 21.8. The summed E-state index contributed by atoms with van der Waals surface area (Å²) in [6.45, 7) is 1.76. The lowest BCUT2D eigenvalue weighted by molar-refractivity contribution is -0.384. The van der Waals surface area contributed by atoms with E-state index < -0.39 is 22.6 Å². The Balaban J connectivity index is 1.51. The molecule has 3 heterocycles. The van der Waals surface area contributed by atoms with Gasteiger partial charge in [0.05, 0.1) is 15.5 Å². The van der Waals surface area contributed by atoms with Gasteiger partial charge < -0.3 is 10.1 Å². The third kappa shape index (κ3) is 3.82. The maximum Gasteiger partial charge on any atom is 0.270 e. The van der Waals surface area contributed by atoms with Gasteiger partial charge in [-0.05, 0) is 48.9 Å². The van der Waals surface area contributed by atoms with E-state index in [1.807, 2.05) is 42.5 Å². The van der Waals surface area contributed by atoms with E-state index in [4.69, 9.17) is 9.73 Å². The van der Waals surface area contributed by atoms with Crippen LogP contribution >= 0.6 is 11.3 Å². The molecule has 1 aromatic heterocycles. The van der Waals surface area contributed by atoms with E-state index in [1.54, 1.807) is 41.8 Å². The number of non-ortho nitro benzene ring substituents is 1. The molecule has 0 unspecified atom stereocenters. The molecule has 0 saturated carbocycles. The molecule has 6 rings (SSSR count). The van der Waals surface area contributed by atoms with Crippen molar-refractivity contribution in [2.45, 2.75) is 18.7 Å². The van der Waals surface area contributed by atoms with Crippen LogP contribution in [-0.2, 0) is 4.79 Å². The molecule has 2 aliphatic rings. The Morgan fingerprint density at radius 2 is 1.81 bits per heavy atom. The highest BCUT2D eigenvalue weighted by atomic mass is 32.1. The average molecular weight is 513 g/mol. The molecule has 37 heavy (non-hydrogen) atoms. The van der Waals surface area contributed by atoms with Crippen molar-refractivity contribution in [3.63, 3.8) is 0 Å². The van der Waals surface area contributed by atoms with Gasteiger partial charge in [-0.15, -0.1) is 0 Å². The molecule has 184 valence electrons. The number of thiazole rings is 1. The number of hydrogen-bond donors (Lipinski definition) is 1. The smallest absolute Gasteiger partial charge is 0.270 e. The number of nitrogens with zero attached hydrogens (tertiary/aromatic N) is 3. The van der Waals surface area contributed by atoms with Gasteiger partial charge in [0.15, 0.2) is 4.80 Å². The monoisotopic (exact) mass is 512 g/mol. The number of benzene rings is 3. The van der Waals surface area contributed by atoms with Crippen molar-refractivity contribution in [1.29, 1.82) is 0 Å². The van der Waals surface area contributed by atoms with Crippen LogP contribution in [0.4, 0.5) is 11.4 Å². The summed E-state index contributed by atoms with van der Waals surface area (Å²) in [7, 11) is 0. The van der Waals surface area contributed by atoms with Crippen molar-refractivity contribution in [2.75, 3.05) is 5.32 Å². The average Bonchev–Trinajstić information content (AvgIpc) is 3.17. The number of carbonyl (C=O) groups excluding carboxylic acids is 1. The number of nitrogens with one attached hydrogen (secondary N) is 1. The summed E-state index contributed by atoms with van der Waals surface area (Å²) in [6.07, 6.45) is 1.68. The fourth-order valence-electron chi connectivity index (χ4n) is 4.93. The summed E-state index contributed by atoms with van der Waals surface area (Å²) in [5.74, 6) is -0.539.